The van der Waals surface area contributed by atoms with Gasteiger partial charge in [-0.25, -0.2) is 17.5 Å². The SMILES string of the molecule is CNS(=O)(=O)c1cc(F)c(N(C)c2ccc(C(F)(F)F)cc2)c(-c2cn3c(n2)O[C@H](C)C3)c1. The normalized spacial score (nSPS) is 15.9. The monoisotopic (exact) mass is 484 g/mol. The summed E-state index contributed by atoms with van der Waals surface area (Å²) in [4.78, 5) is 5.39. The number of hydrogen-bond donors (Lipinski definition) is 1. The van der Waals surface area contributed by atoms with E-state index in [0.29, 0.717) is 12.6 Å². The van der Waals surface area contributed by atoms with Crippen LogP contribution in [0.1, 0.15) is 12.5 Å². The number of nitrogens with one attached hydrogen (secondary N) is 1. The molecule has 3 aromatic rings. The highest BCUT2D eigenvalue weighted by Crippen LogP contribution is 2.40. The zero-order valence-electron chi connectivity index (χ0n) is 17.8. The van der Waals surface area contributed by atoms with Gasteiger partial charge in [0.1, 0.15) is 11.9 Å². The molecular weight excluding hydrogens is 464 g/mol. The van der Waals surface area contributed by atoms with Gasteiger partial charge < -0.3 is 9.64 Å². The van der Waals surface area contributed by atoms with E-state index in [4.69, 9.17) is 4.74 Å². The first-order valence-corrected chi connectivity index (χ1v) is 11.3. The largest absolute Gasteiger partial charge is 0.460 e. The van der Waals surface area contributed by atoms with Crippen molar-refractivity contribution in [1.29, 1.82) is 0 Å². The standard InChI is InChI=1S/C21H20F4N4O3S/c1-12-10-29-11-18(27-20(29)32-12)16-8-15(33(30,31)26-2)9-17(22)19(16)28(3)14-6-4-13(5-7-14)21(23,24)25/h4-9,11-12,26H,10H2,1-3H3/t12-/m1/s1. The van der Waals surface area contributed by atoms with Crippen molar-refractivity contribution >= 4 is 21.4 Å². The minimum absolute atomic E-state index is 0.0466. The van der Waals surface area contributed by atoms with Crippen LogP contribution in [-0.4, -0.2) is 38.2 Å². The van der Waals surface area contributed by atoms with Crippen LogP contribution >= 0.6 is 0 Å². The number of halogens is 4. The Kier molecular flexibility index (Phi) is 5.61. The number of anilines is 2. The van der Waals surface area contributed by atoms with E-state index in [0.717, 1.165) is 18.2 Å². The molecule has 1 aliphatic rings. The van der Waals surface area contributed by atoms with Gasteiger partial charge in [0.2, 0.25) is 10.0 Å². The summed E-state index contributed by atoms with van der Waals surface area (Å²) >= 11 is 0. The maximum atomic E-state index is 15.4. The number of sulfonamides is 1. The molecule has 1 aliphatic heterocycles. The van der Waals surface area contributed by atoms with Gasteiger partial charge in [-0.2, -0.15) is 18.2 Å². The molecule has 0 saturated carbocycles. The van der Waals surface area contributed by atoms with Gasteiger partial charge in [-0.3, -0.25) is 4.57 Å². The van der Waals surface area contributed by atoms with Crippen LogP contribution < -0.4 is 14.4 Å². The van der Waals surface area contributed by atoms with Crippen LogP contribution in [-0.2, 0) is 22.7 Å². The zero-order valence-corrected chi connectivity index (χ0v) is 18.6. The van der Waals surface area contributed by atoms with Crippen LogP contribution in [0.25, 0.3) is 11.3 Å². The molecule has 0 fully saturated rings. The predicted octanol–water partition coefficient (Wildman–Crippen LogP) is 4.16. The van der Waals surface area contributed by atoms with Gasteiger partial charge in [0.05, 0.1) is 28.4 Å². The lowest BCUT2D eigenvalue weighted by molar-refractivity contribution is -0.137. The Balaban J connectivity index is 1.86. The Morgan fingerprint density at radius 3 is 2.45 bits per heavy atom. The molecule has 0 unspecified atom stereocenters. The molecule has 0 spiro atoms. The Bertz CT molecular complexity index is 1280. The molecule has 2 heterocycles. The average Bonchev–Trinajstić information content (AvgIpc) is 3.29. The van der Waals surface area contributed by atoms with Gasteiger partial charge in [-0.1, -0.05) is 0 Å². The lowest BCUT2D eigenvalue weighted by atomic mass is 10.1. The second-order valence-corrected chi connectivity index (χ2v) is 9.49. The van der Waals surface area contributed by atoms with Crippen LogP contribution in [0.3, 0.4) is 0 Å². The fourth-order valence-electron chi connectivity index (χ4n) is 3.63. The molecule has 0 radical (unpaired) electrons. The number of alkyl halides is 3. The summed E-state index contributed by atoms with van der Waals surface area (Å²) < 4.78 is 88.3. The molecule has 0 aliphatic carbocycles. The fraction of sp³-hybridized carbons (Fsp3) is 0.286. The summed E-state index contributed by atoms with van der Waals surface area (Å²) in [5.74, 6) is -0.883. The van der Waals surface area contributed by atoms with Crippen LogP contribution in [0.4, 0.5) is 28.9 Å². The van der Waals surface area contributed by atoms with E-state index < -0.39 is 27.6 Å². The Hall–Kier alpha value is -3.12. The van der Waals surface area contributed by atoms with Crippen LogP contribution in [0.2, 0.25) is 0 Å². The minimum Gasteiger partial charge on any atom is -0.460 e. The summed E-state index contributed by atoms with van der Waals surface area (Å²) in [5.41, 5.74) is -0.215. The first kappa shape index (κ1) is 23.1. The van der Waals surface area contributed by atoms with Crippen molar-refractivity contribution in [2.75, 3.05) is 19.0 Å². The molecule has 0 bridgehead atoms. The van der Waals surface area contributed by atoms with Gasteiger partial charge in [-0.05, 0) is 50.4 Å². The number of hydrogen-bond acceptors (Lipinski definition) is 5. The van der Waals surface area contributed by atoms with E-state index in [-0.39, 0.29) is 33.6 Å². The second kappa shape index (κ2) is 8.03. The third kappa shape index (κ3) is 4.27. The Morgan fingerprint density at radius 1 is 1.21 bits per heavy atom. The second-order valence-electron chi connectivity index (χ2n) is 7.60. The van der Waals surface area contributed by atoms with E-state index >= 15 is 4.39 Å². The van der Waals surface area contributed by atoms with Crippen LogP contribution in [0.5, 0.6) is 6.01 Å². The van der Waals surface area contributed by atoms with Crippen molar-refractivity contribution in [2.24, 2.45) is 0 Å². The molecular formula is C21H20F4N4O3S. The minimum atomic E-state index is -4.51. The number of aromatic nitrogens is 2. The summed E-state index contributed by atoms with van der Waals surface area (Å²) in [5, 5.41) is 0. The maximum absolute atomic E-state index is 15.4. The molecule has 1 N–H and O–H groups in total. The molecule has 12 heteroatoms. The van der Waals surface area contributed by atoms with Crippen LogP contribution in [0, 0.1) is 5.82 Å². The van der Waals surface area contributed by atoms with Crippen molar-refractivity contribution in [3.63, 3.8) is 0 Å². The number of benzene rings is 2. The van der Waals surface area contributed by atoms with E-state index in [1.807, 2.05) is 6.92 Å². The fourth-order valence-corrected chi connectivity index (χ4v) is 4.40. The van der Waals surface area contributed by atoms with Gasteiger partial charge in [0.25, 0.3) is 6.01 Å². The first-order valence-electron chi connectivity index (χ1n) is 9.83. The lowest BCUT2D eigenvalue weighted by Crippen LogP contribution is -2.20. The summed E-state index contributed by atoms with van der Waals surface area (Å²) in [6.07, 6.45) is -2.98. The molecule has 0 amide bonds. The molecule has 7 nitrogen and oxygen atoms in total. The number of fused-ring (bicyclic) bond motifs is 1. The van der Waals surface area contributed by atoms with Crippen molar-refractivity contribution in [1.82, 2.24) is 14.3 Å². The van der Waals surface area contributed by atoms with E-state index in [1.165, 1.54) is 37.2 Å². The predicted molar refractivity (Wildman–Crippen MR) is 113 cm³/mol. The van der Waals surface area contributed by atoms with E-state index in [1.54, 1.807) is 10.8 Å². The highest BCUT2D eigenvalue weighted by Gasteiger charge is 2.31. The number of nitrogens with zero attached hydrogens (tertiary/aromatic N) is 3. The highest BCUT2D eigenvalue weighted by atomic mass is 32.2. The average molecular weight is 484 g/mol. The van der Waals surface area contributed by atoms with E-state index in [9.17, 15) is 21.6 Å². The lowest BCUT2D eigenvalue weighted by Gasteiger charge is -2.24. The Labute approximate surface area is 187 Å². The number of ether oxygens (including phenoxy) is 1. The molecule has 0 saturated heterocycles. The van der Waals surface area contributed by atoms with Crippen LogP contribution in [0.15, 0.2) is 47.5 Å². The summed E-state index contributed by atoms with van der Waals surface area (Å²) in [7, 11) is -1.31. The van der Waals surface area contributed by atoms with Crippen molar-refractivity contribution in [3.05, 3.63) is 54.0 Å². The quantitative estimate of drug-likeness (QED) is 0.551. The Morgan fingerprint density at radius 2 is 1.88 bits per heavy atom. The zero-order chi connectivity index (χ0) is 24.1. The van der Waals surface area contributed by atoms with Crippen molar-refractivity contribution < 1.29 is 30.7 Å². The number of rotatable bonds is 5. The molecule has 1 atom stereocenters. The highest BCUT2D eigenvalue weighted by molar-refractivity contribution is 7.89. The smallest absolute Gasteiger partial charge is 0.416 e. The third-order valence-corrected chi connectivity index (χ3v) is 6.70. The molecule has 4 rings (SSSR count). The van der Waals surface area contributed by atoms with Crippen molar-refractivity contribution in [2.45, 2.75) is 30.6 Å². The van der Waals surface area contributed by atoms with E-state index in [2.05, 4.69) is 9.71 Å². The molecule has 176 valence electrons. The first-order chi connectivity index (χ1) is 15.4. The summed E-state index contributed by atoms with van der Waals surface area (Å²) in [6.45, 7) is 2.38. The topological polar surface area (TPSA) is 76.5 Å². The van der Waals surface area contributed by atoms with Gasteiger partial charge in [0, 0.05) is 24.5 Å². The molecule has 1 aromatic heterocycles. The summed E-state index contributed by atoms with van der Waals surface area (Å²) in [6, 6.07) is 6.64. The van der Waals surface area contributed by atoms with Crippen molar-refractivity contribution in [3.8, 4) is 17.3 Å². The number of imidazole rings is 1. The molecule has 33 heavy (non-hydrogen) atoms. The molecule has 2 aromatic carbocycles. The van der Waals surface area contributed by atoms with Gasteiger partial charge in [0.15, 0.2) is 0 Å². The third-order valence-electron chi connectivity index (χ3n) is 5.31. The van der Waals surface area contributed by atoms with Gasteiger partial charge >= 0.3 is 6.18 Å². The maximum Gasteiger partial charge on any atom is 0.416 e. The van der Waals surface area contributed by atoms with Gasteiger partial charge in [-0.15, -0.1) is 0 Å².